The van der Waals surface area contributed by atoms with Gasteiger partial charge in [0.05, 0.1) is 5.52 Å². The third kappa shape index (κ3) is 4.42. The Hall–Kier alpha value is -2.27. The second kappa shape index (κ2) is 8.21. The molecule has 4 nitrogen and oxygen atoms in total. The van der Waals surface area contributed by atoms with Crippen LogP contribution in [0.5, 0.6) is 0 Å². The molecule has 2 heterocycles. The summed E-state index contributed by atoms with van der Waals surface area (Å²) < 4.78 is 1.98. The van der Waals surface area contributed by atoms with Gasteiger partial charge in [0.15, 0.2) is 0 Å². The maximum absolute atomic E-state index is 12.0. The molecule has 0 saturated heterocycles. The van der Waals surface area contributed by atoms with E-state index in [1.165, 1.54) is 11.1 Å². The van der Waals surface area contributed by atoms with Gasteiger partial charge in [-0.15, -0.1) is 11.8 Å². The predicted molar refractivity (Wildman–Crippen MR) is 104 cm³/mol. The molecule has 0 bridgehead atoms. The minimum Gasteiger partial charge on any atom is -0.355 e. The lowest BCUT2D eigenvalue weighted by molar-refractivity contribution is -0.121. The molecule has 0 unspecified atom stereocenters. The van der Waals surface area contributed by atoms with Crippen LogP contribution in [0, 0.1) is 6.92 Å². The van der Waals surface area contributed by atoms with E-state index in [2.05, 4.69) is 48.4 Å². The van der Waals surface area contributed by atoms with Gasteiger partial charge < -0.3 is 9.88 Å². The van der Waals surface area contributed by atoms with E-state index in [0.717, 1.165) is 34.6 Å². The number of amides is 1. The minimum atomic E-state index is 0.0463. The first-order valence-electron chi connectivity index (χ1n) is 8.56. The second-order valence-corrected chi connectivity index (χ2v) is 7.08. The van der Waals surface area contributed by atoms with Gasteiger partial charge >= 0.3 is 0 Å². The Morgan fingerprint density at radius 2 is 2.00 bits per heavy atom. The molecule has 0 radical (unpaired) electrons. The van der Waals surface area contributed by atoms with Gasteiger partial charge in [-0.1, -0.05) is 36.8 Å². The van der Waals surface area contributed by atoms with Crippen molar-refractivity contribution in [3.63, 3.8) is 0 Å². The van der Waals surface area contributed by atoms with Gasteiger partial charge in [0.25, 0.3) is 0 Å². The third-order valence-electron chi connectivity index (χ3n) is 4.04. The van der Waals surface area contributed by atoms with Crippen molar-refractivity contribution in [1.29, 1.82) is 0 Å². The average molecular weight is 353 g/mol. The van der Waals surface area contributed by atoms with Crippen LogP contribution in [-0.2, 0) is 17.1 Å². The van der Waals surface area contributed by atoms with Crippen LogP contribution in [0.1, 0.15) is 24.5 Å². The summed E-state index contributed by atoms with van der Waals surface area (Å²) in [4.78, 5) is 16.5. The van der Waals surface area contributed by atoms with Gasteiger partial charge in [0, 0.05) is 30.1 Å². The first-order valence-corrected chi connectivity index (χ1v) is 9.55. The lowest BCUT2D eigenvalue weighted by Gasteiger charge is -2.07. The summed E-state index contributed by atoms with van der Waals surface area (Å²) in [5, 5.41) is 5.03. The Kier molecular flexibility index (Phi) is 5.76. The van der Waals surface area contributed by atoms with Crippen molar-refractivity contribution in [1.82, 2.24) is 14.9 Å². The van der Waals surface area contributed by atoms with Crippen molar-refractivity contribution in [2.24, 2.45) is 0 Å². The standard InChI is InChI=1S/C20H23N3OS/c1-3-10-21-19(24)13-23-12-9-17-18(23)8-11-22-20(17)25-14-16-6-4-15(2)5-7-16/h4-9,11-12H,3,10,13-14H2,1-2H3,(H,21,24). The maximum Gasteiger partial charge on any atom is 0.239 e. The molecule has 2 aromatic heterocycles. The molecule has 1 N–H and O–H groups in total. The van der Waals surface area contributed by atoms with E-state index in [-0.39, 0.29) is 5.91 Å². The van der Waals surface area contributed by atoms with E-state index in [1.807, 2.05) is 29.1 Å². The molecule has 0 aliphatic rings. The molecule has 0 atom stereocenters. The van der Waals surface area contributed by atoms with E-state index in [0.29, 0.717) is 6.54 Å². The summed E-state index contributed by atoms with van der Waals surface area (Å²) in [7, 11) is 0. The average Bonchev–Trinajstić information content (AvgIpc) is 3.03. The number of aromatic nitrogens is 2. The van der Waals surface area contributed by atoms with Crippen LogP contribution in [0.3, 0.4) is 0 Å². The summed E-state index contributed by atoms with van der Waals surface area (Å²) in [6, 6.07) is 12.6. The van der Waals surface area contributed by atoms with E-state index in [1.54, 1.807) is 11.8 Å². The van der Waals surface area contributed by atoms with E-state index >= 15 is 0 Å². The normalized spacial score (nSPS) is 11.0. The Bertz CT molecular complexity index is 855. The van der Waals surface area contributed by atoms with Crippen LogP contribution < -0.4 is 5.32 Å². The molecule has 1 amide bonds. The predicted octanol–water partition coefficient (Wildman–Crippen LogP) is 4.16. The van der Waals surface area contributed by atoms with E-state index < -0.39 is 0 Å². The van der Waals surface area contributed by atoms with Crippen LogP contribution in [0.25, 0.3) is 10.9 Å². The number of aryl methyl sites for hydroxylation is 1. The number of rotatable bonds is 7. The molecular formula is C20H23N3OS. The number of nitrogens with zero attached hydrogens (tertiary/aromatic N) is 2. The van der Waals surface area contributed by atoms with Crippen molar-refractivity contribution < 1.29 is 4.79 Å². The number of carbonyl (C=O) groups is 1. The van der Waals surface area contributed by atoms with Crippen LogP contribution in [0.4, 0.5) is 0 Å². The van der Waals surface area contributed by atoms with Gasteiger partial charge in [-0.25, -0.2) is 4.98 Å². The van der Waals surface area contributed by atoms with Gasteiger partial charge in [-0.05, 0) is 31.0 Å². The Morgan fingerprint density at radius 1 is 1.20 bits per heavy atom. The van der Waals surface area contributed by atoms with E-state index in [4.69, 9.17) is 0 Å². The van der Waals surface area contributed by atoms with Gasteiger partial charge in [0.1, 0.15) is 11.6 Å². The molecule has 5 heteroatoms. The fourth-order valence-corrected chi connectivity index (χ4v) is 3.62. The molecule has 3 aromatic rings. The Morgan fingerprint density at radius 3 is 2.76 bits per heavy atom. The highest BCUT2D eigenvalue weighted by molar-refractivity contribution is 7.98. The van der Waals surface area contributed by atoms with Crippen molar-refractivity contribution in [2.45, 2.75) is 37.6 Å². The zero-order chi connectivity index (χ0) is 17.6. The fourth-order valence-electron chi connectivity index (χ4n) is 2.66. The highest BCUT2D eigenvalue weighted by atomic mass is 32.2. The second-order valence-electron chi connectivity index (χ2n) is 6.12. The van der Waals surface area contributed by atoms with Crippen LogP contribution in [0.15, 0.2) is 53.8 Å². The fraction of sp³-hybridized carbons (Fsp3) is 0.300. The number of hydrogen-bond acceptors (Lipinski definition) is 3. The van der Waals surface area contributed by atoms with Gasteiger partial charge in [-0.3, -0.25) is 4.79 Å². The number of pyridine rings is 1. The molecule has 0 saturated carbocycles. The Labute approximate surface area is 152 Å². The quantitative estimate of drug-likeness (QED) is 0.649. The van der Waals surface area contributed by atoms with Crippen LogP contribution in [0.2, 0.25) is 0 Å². The lowest BCUT2D eigenvalue weighted by Crippen LogP contribution is -2.27. The molecule has 0 fully saturated rings. The summed E-state index contributed by atoms with van der Waals surface area (Å²) in [6.45, 7) is 5.21. The van der Waals surface area contributed by atoms with Gasteiger partial charge in [0.2, 0.25) is 5.91 Å². The van der Waals surface area contributed by atoms with Crippen molar-refractivity contribution in [3.8, 4) is 0 Å². The molecule has 25 heavy (non-hydrogen) atoms. The Balaban J connectivity index is 1.74. The summed E-state index contributed by atoms with van der Waals surface area (Å²) >= 11 is 1.73. The van der Waals surface area contributed by atoms with E-state index in [9.17, 15) is 4.79 Å². The number of fused-ring (bicyclic) bond motifs is 1. The number of hydrogen-bond donors (Lipinski definition) is 1. The molecule has 130 valence electrons. The topological polar surface area (TPSA) is 46.9 Å². The SMILES string of the molecule is CCCNC(=O)Cn1ccc2c(SCc3ccc(C)cc3)nccc21. The number of thioether (sulfide) groups is 1. The number of nitrogens with one attached hydrogen (secondary N) is 1. The van der Waals surface area contributed by atoms with Crippen LogP contribution in [-0.4, -0.2) is 22.0 Å². The third-order valence-corrected chi connectivity index (χ3v) is 5.12. The molecule has 0 aliphatic carbocycles. The van der Waals surface area contributed by atoms with Crippen molar-refractivity contribution in [2.75, 3.05) is 6.54 Å². The summed E-state index contributed by atoms with van der Waals surface area (Å²) in [6.07, 6.45) is 4.73. The van der Waals surface area contributed by atoms with Crippen molar-refractivity contribution in [3.05, 3.63) is 59.9 Å². The smallest absolute Gasteiger partial charge is 0.239 e. The zero-order valence-corrected chi connectivity index (χ0v) is 15.5. The summed E-state index contributed by atoms with van der Waals surface area (Å²) in [5.74, 6) is 0.930. The lowest BCUT2D eigenvalue weighted by atomic mass is 10.2. The zero-order valence-electron chi connectivity index (χ0n) is 14.7. The maximum atomic E-state index is 12.0. The first-order chi connectivity index (χ1) is 12.2. The summed E-state index contributed by atoms with van der Waals surface area (Å²) in [5.41, 5.74) is 3.60. The molecule has 3 rings (SSSR count). The highest BCUT2D eigenvalue weighted by Gasteiger charge is 2.10. The highest BCUT2D eigenvalue weighted by Crippen LogP contribution is 2.29. The largest absolute Gasteiger partial charge is 0.355 e. The molecule has 1 aromatic carbocycles. The number of carbonyl (C=O) groups excluding carboxylic acids is 1. The molecular weight excluding hydrogens is 330 g/mol. The monoisotopic (exact) mass is 353 g/mol. The number of benzene rings is 1. The minimum absolute atomic E-state index is 0.0463. The molecule has 0 spiro atoms. The van der Waals surface area contributed by atoms with Crippen molar-refractivity contribution >= 4 is 28.6 Å². The van der Waals surface area contributed by atoms with Crippen LogP contribution >= 0.6 is 11.8 Å². The van der Waals surface area contributed by atoms with Gasteiger partial charge in [-0.2, -0.15) is 0 Å². The molecule has 0 aliphatic heterocycles. The first kappa shape index (κ1) is 17.5.